The van der Waals surface area contributed by atoms with Crippen LogP contribution in [0.3, 0.4) is 0 Å². The number of aryl methyl sites for hydroxylation is 1. The van der Waals surface area contributed by atoms with E-state index in [0.29, 0.717) is 49.3 Å². The Hall–Kier alpha value is -3.86. The van der Waals surface area contributed by atoms with Crippen molar-refractivity contribution in [2.45, 2.75) is 38.0 Å². The summed E-state index contributed by atoms with van der Waals surface area (Å²) >= 11 is 0. The molecule has 36 heavy (non-hydrogen) atoms. The van der Waals surface area contributed by atoms with Crippen molar-refractivity contribution in [1.29, 1.82) is 5.26 Å². The number of nitriles is 1. The van der Waals surface area contributed by atoms with E-state index in [1.807, 2.05) is 18.2 Å². The van der Waals surface area contributed by atoms with Gasteiger partial charge in [-0.3, -0.25) is 14.4 Å². The molecular weight excluding hydrogens is 458 g/mol. The summed E-state index contributed by atoms with van der Waals surface area (Å²) in [6.45, 7) is 2.73. The van der Waals surface area contributed by atoms with Crippen LogP contribution in [-0.4, -0.2) is 38.0 Å². The fourth-order valence-electron chi connectivity index (χ4n) is 5.97. The van der Waals surface area contributed by atoms with Crippen molar-refractivity contribution < 1.29 is 23.9 Å². The van der Waals surface area contributed by atoms with Crippen LogP contribution in [0.5, 0.6) is 5.75 Å². The maximum atomic E-state index is 13.2. The zero-order valence-corrected chi connectivity index (χ0v) is 20.4. The number of rotatable bonds is 8. The highest BCUT2D eigenvalue weighted by Gasteiger charge is 2.86. The summed E-state index contributed by atoms with van der Waals surface area (Å²) in [4.78, 5) is 37.1. The molecule has 5 rings (SSSR count). The molecule has 1 aliphatic heterocycles. The molecule has 2 aliphatic carbocycles. The van der Waals surface area contributed by atoms with Crippen LogP contribution >= 0.6 is 0 Å². The number of nitrogens with one attached hydrogen (secondary N) is 2. The first-order valence-electron chi connectivity index (χ1n) is 12.4. The zero-order chi connectivity index (χ0) is 25.4. The summed E-state index contributed by atoms with van der Waals surface area (Å²) in [7, 11) is 1.61. The molecule has 186 valence electrons. The van der Waals surface area contributed by atoms with E-state index in [1.165, 1.54) is 0 Å². The Balaban J connectivity index is 1.28. The number of ether oxygens (including phenoxy) is 2. The molecule has 2 N–H and O–H groups in total. The lowest BCUT2D eigenvalue weighted by atomic mass is 9.76. The van der Waals surface area contributed by atoms with Gasteiger partial charge >= 0.3 is 5.97 Å². The summed E-state index contributed by atoms with van der Waals surface area (Å²) in [5.74, 6) is 0.723. The second-order valence-corrected chi connectivity index (χ2v) is 9.64. The fraction of sp³-hybridized carbons (Fsp3) is 0.429. The van der Waals surface area contributed by atoms with Crippen LogP contribution < -0.4 is 15.4 Å². The number of anilines is 1. The fourth-order valence-corrected chi connectivity index (χ4v) is 5.97. The lowest BCUT2D eigenvalue weighted by Gasteiger charge is -2.33. The Morgan fingerprint density at radius 2 is 2.00 bits per heavy atom. The van der Waals surface area contributed by atoms with E-state index in [4.69, 9.17) is 9.47 Å². The van der Waals surface area contributed by atoms with Crippen LogP contribution in [0.2, 0.25) is 0 Å². The van der Waals surface area contributed by atoms with Crippen molar-refractivity contribution in [3.63, 3.8) is 0 Å². The molecule has 0 bridgehead atoms. The number of esters is 1. The highest BCUT2D eigenvalue weighted by atomic mass is 16.5. The molecule has 2 aromatic rings. The number of nitrogens with zero attached hydrogens (tertiary/aromatic N) is 1. The van der Waals surface area contributed by atoms with Gasteiger partial charge in [0.15, 0.2) is 0 Å². The molecule has 0 aromatic heterocycles. The van der Waals surface area contributed by atoms with Crippen LogP contribution in [0.15, 0.2) is 36.4 Å². The Kier molecular flexibility index (Phi) is 6.17. The van der Waals surface area contributed by atoms with Gasteiger partial charge in [0.05, 0.1) is 24.8 Å². The average Bonchev–Trinajstić information content (AvgIpc) is 3.79. The van der Waals surface area contributed by atoms with E-state index in [1.54, 1.807) is 32.2 Å². The number of amides is 2. The second kappa shape index (κ2) is 9.30. The van der Waals surface area contributed by atoms with Gasteiger partial charge in [-0.25, -0.2) is 0 Å². The first kappa shape index (κ1) is 23.9. The molecule has 0 radical (unpaired) electrons. The molecule has 2 aromatic carbocycles. The minimum Gasteiger partial charge on any atom is -0.493 e. The molecule has 8 heteroatoms. The molecule has 4 atom stereocenters. The third-order valence-electron chi connectivity index (χ3n) is 7.78. The molecule has 1 spiro atoms. The maximum absolute atomic E-state index is 13.2. The molecule has 3 unspecified atom stereocenters. The molecule has 0 saturated heterocycles. The minimum absolute atomic E-state index is 0.0483. The van der Waals surface area contributed by atoms with Gasteiger partial charge in [-0.15, -0.1) is 0 Å². The summed E-state index contributed by atoms with van der Waals surface area (Å²) in [6.07, 6.45) is 2.32. The van der Waals surface area contributed by atoms with E-state index in [0.717, 1.165) is 23.3 Å². The van der Waals surface area contributed by atoms with Gasteiger partial charge in [-0.05, 0) is 73.9 Å². The normalized spacial score (nSPS) is 24.4. The van der Waals surface area contributed by atoms with E-state index in [-0.39, 0.29) is 41.0 Å². The molecular formula is C28H29N3O5. The smallest absolute Gasteiger partial charge is 0.305 e. The molecule has 2 amide bonds. The van der Waals surface area contributed by atoms with Crippen molar-refractivity contribution in [3.8, 4) is 11.8 Å². The van der Waals surface area contributed by atoms with Crippen LogP contribution in [-0.2, 0) is 26.2 Å². The minimum atomic E-state index is -0.239. The molecule has 1 heterocycles. The Morgan fingerprint density at radius 3 is 2.72 bits per heavy atom. The van der Waals surface area contributed by atoms with Gasteiger partial charge in [0.1, 0.15) is 5.75 Å². The van der Waals surface area contributed by atoms with Crippen molar-refractivity contribution in [1.82, 2.24) is 5.32 Å². The van der Waals surface area contributed by atoms with E-state index in [2.05, 4.69) is 16.7 Å². The van der Waals surface area contributed by atoms with E-state index in [9.17, 15) is 19.6 Å². The van der Waals surface area contributed by atoms with Crippen LogP contribution in [0, 0.1) is 29.1 Å². The maximum Gasteiger partial charge on any atom is 0.305 e. The largest absolute Gasteiger partial charge is 0.493 e. The van der Waals surface area contributed by atoms with Crippen LogP contribution in [0.25, 0.3) is 0 Å². The van der Waals surface area contributed by atoms with E-state index < -0.39 is 0 Å². The number of carbonyl (C=O) groups is 3. The summed E-state index contributed by atoms with van der Waals surface area (Å²) in [5.41, 5.74) is 3.50. The topological polar surface area (TPSA) is 118 Å². The van der Waals surface area contributed by atoms with Gasteiger partial charge in [-0.1, -0.05) is 6.07 Å². The lowest BCUT2D eigenvalue weighted by molar-refractivity contribution is -0.143. The van der Waals surface area contributed by atoms with Gasteiger partial charge in [-0.2, -0.15) is 5.26 Å². The summed E-state index contributed by atoms with van der Waals surface area (Å²) < 4.78 is 10.8. The van der Waals surface area contributed by atoms with Crippen molar-refractivity contribution in [2.24, 2.45) is 17.8 Å². The summed E-state index contributed by atoms with van der Waals surface area (Å²) in [6, 6.07) is 12.9. The molecule has 2 fully saturated rings. The highest BCUT2D eigenvalue weighted by molar-refractivity contribution is 5.99. The van der Waals surface area contributed by atoms with Crippen molar-refractivity contribution in [2.75, 3.05) is 25.6 Å². The first-order valence-corrected chi connectivity index (χ1v) is 12.4. The van der Waals surface area contributed by atoms with Crippen LogP contribution in [0.1, 0.15) is 53.2 Å². The molecule has 3 aliphatic rings. The highest BCUT2D eigenvalue weighted by Crippen LogP contribution is 2.84. The average molecular weight is 488 g/mol. The van der Waals surface area contributed by atoms with Gasteiger partial charge in [0.25, 0.3) is 5.91 Å². The monoisotopic (exact) mass is 487 g/mol. The number of hydrogen-bond donors (Lipinski definition) is 2. The second-order valence-electron chi connectivity index (χ2n) is 9.64. The zero-order valence-electron chi connectivity index (χ0n) is 20.4. The van der Waals surface area contributed by atoms with Gasteiger partial charge in [0.2, 0.25) is 5.91 Å². The Morgan fingerprint density at radius 1 is 1.19 bits per heavy atom. The third kappa shape index (κ3) is 3.98. The predicted octanol–water partition coefficient (Wildman–Crippen LogP) is 3.34. The Bertz CT molecular complexity index is 1270. The standard InChI is InChI=1S/C28H29N3O5/c1-3-35-22(32)6-4-5-17-8-7-16(15-29)13-20(17)31-27(34)23-24-25(23)28(24)11-12-36-21-10-9-18(14-19(21)28)26(33)30-2/h7-10,13-14,23-25H,3-6,11-12H2,1-2H3,(H,30,33)(H,31,34)/t23?,24-,25?,28?/m1/s1. The van der Waals surface area contributed by atoms with Gasteiger partial charge in [0, 0.05) is 41.6 Å². The van der Waals surface area contributed by atoms with Gasteiger partial charge < -0.3 is 20.1 Å². The number of carbonyl (C=O) groups excluding carboxylic acids is 3. The molecule has 8 nitrogen and oxygen atoms in total. The SMILES string of the molecule is CCOC(=O)CCCc1ccc(C#N)cc1NC(=O)C1C2[C@@H]1C21CCOc2ccc(C(=O)NC)cc21. The quantitative estimate of drug-likeness (QED) is 0.552. The number of hydrogen-bond acceptors (Lipinski definition) is 6. The number of benzene rings is 2. The van der Waals surface area contributed by atoms with Crippen molar-refractivity contribution >= 4 is 23.5 Å². The van der Waals surface area contributed by atoms with Crippen molar-refractivity contribution in [3.05, 3.63) is 58.7 Å². The first-order chi connectivity index (χ1) is 17.4. The Labute approximate surface area is 210 Å². The molecule has 2 saturated carbocycles. The lowest BCUT2D eigenvalue weighted by Crippen LogP contribution is -2.34. The van der Waals surface area contributed by atoms with E-state index >= 15 is 0 Å². The number of fused-ring (bicyclic) bond motifs is 5. The third-order valence-corrected chi connectivity index (χ3v) is 7.78. The van der Waals surface area contributed by atoms with Crippen LogP contribution in [0.4, 0.5) is 5.69 Å². The summed E-state index contributed by atoms with van der Waals surface area (Å²) in [5, 5.41) is 15.1. The predicted molar refractivity (Wildman–Crippen MR) is 131 cm³/mol.